The highest BCUT2D eigenvalue weighted by atomic mass is 14.7. The molecule has 5 rings (SSSR count). The molecule has 0 saturated heterocycles. The summed E-state index contributed by atoms with van der Waals surface area (Å²) in [6.45, 7) is 0. The van der Waals surface area contributed by atoms with Gasteiger partial charge in [-0.15, -0.1) is 0 Å². The highest BCUT2D eigenvalue weighted by Crippen LogP contribution is 1.80. The fourth-order valence-electron chi connectivity index (χ4n) is 3.41. The second-order valence-corrected chi connectivity index (χ2v) is 7.27. The Morgan fingerprint density at radius 3 is 0.750 bits per heavy atom. The van der Waals surface area contributed by atoms with Crippen molar-refractivity contribution in [2.75, 3.05) is 0 Å². The molecule has 0 bridgehead atoms. The smallest absolute Gasteiger partial charge is 0.0886 e. The zero-order chi connectivity index (χ0) is 21.6. The van der Waals surface area contributed by atoms with Gasteiger partial charge in [-0.1, -0.05) is 72.8 Å². The van der Waals surface area contributed by atoms with Crippen LogP contribution < -0.4 is 42.3 Å². The Hall–Kier alpha value is -4.44. The lowest BCUT2D eigenvalue weighted by Crippen LogP contribution is -2.29. The fourth-order valence-corrected chi connectivity index (χ4v) is 3.41. The van der Waals surface area contributed by atoms with Gasteiger partial charge in [-0.25, -0.2) is 0 Å². The van der Waals surface area contributed by atoms with E-state index in [1.165, 1.54) is 0 Å². The summed E-state index contributed by atoms with van der Waals surface area (Å²) in [5, 5.41) is 7.14. The predicted octanol–water partition coefficient (Wildman–Crippen LogP) is 0.231. The minimum atomic E-state index is 0.805. The van der Waals surface area contributed by atoms with Crippen molar-refractivity contribution in [3.05, 3.63) is 139 Å². The molecule has 0 amide bonds. The predicted molar refractivity (Wildman–Crippen MR) is 127 cm³/mol. The van der Waals surface area contributed by atoms with E-state index >= 15 is 0 Å². The third kappa shape index (κ3) is 4.35. The summed E-state index contributed by atoms with van der Waals surface area (Å²) in [6.07, 6.45) is 7.44. The summed E-state index contributed by atoms with van der Waals surface area (Å²) in [6, 6.07) is 31.8. The Labute approximate surface area is 184 Å². The van der Waals surface area contributed by atoms with Crippen LogP contribution in [-0.4, -0.2) is 0 Å². The summed E-state index contributed by atoms with van der Waals surface area (Å²) in [7, 11) is 0. The third-order valence-electron chi connectivity index (χ3n) is 5.13. The van der Waals surface area contributed by atoms with Crippen LogP contribution in [0.1, 0.15) is 0 Å². The molecular weight excluding hydrogens is 392 g/mol. The maximum Gasteiger partial charge on any atom is 0.0886 e. The van der Waals surface area contributed by atoms with Crippen LogP contribution in [0.4, 0.5) is 0 Å². The fraction of sp³-hybridized carbons (Fsp3) is 0. The van der Waals surface area contributed by atoms with Gasteiger partial charge in [0.15, 0.2) is 0 Å². The van der Waals surface area contributed by atoms with Crippen LogP contribution in [0.25, 0.3) is 24.8 Å². The van der Waals surface area contributed by atoms with Crippen LogP contribution in [0.3, 0.4) is 0 Å². The molecule has 152 valence electrons. The first kappa shape index (κ1) is 19.5. The molecule has 4 nitrogen and oxygen atoms in total. The molecule has 1 aliphatic heterocycles. The monoisotopic (exact) mass is 412 g/mol. The van der Waals surface area contributed by atoms with Crippen molar-refractivity contribution in [1.29, 1.82) is 0 Å². The van der Waals surface area contributed by atoms with Crippen LogP contribution in [0.5, 0.6) is 0 Å². The zero-order valence-electron chi connectivity index (χ0n) is 17.3. The average molecular weight is 412 g/mol. The van der Waals surface area contributed by atoms with E-state index in [-0.39, 0.29) is 0 Å². The van der Waals surface area contributed by atoms with Gasteiger partial charge in [0, 0.05) is 45.7 Å². The van der Waals surface area contributed by atoms with Gasteiger partial charge < -0.3 is 0 Å². The van der Waals surface area contributed by atoms with E-state index in [0.717, 1.165) is 42.3 Å². The van der Waals surface area contributed by atoms with Gasteiger partial charge >= 0.3 is 0 Å². The molecule has 4 aromatic carbocycles. The molecule has 0 aliphatic carbocycles. The van der Waals surface area contributed by atoms with Crippen molar-refractivity contribution in [3.8, 4) is 0 Å². The molecule has 0 unspecified atom stereocenters. The van der Waals surface area contributed by atoms with E-state index in [1.807, 2.05) is 122 Å². The molecule has 32 heavy (non-hydrogen) atoms. The van der Waals surface area contributed by atoms with E-state index in [0.29, 0.717) is 0 Å². The number of fused-ring (bicyclic) bond motifs is 4. The van der Waals surface area contributed by atoms with E-state index in [1.54, 1.807) is 0 Å². The van der Waals surface area contributed by atoms with Crippen LogP contribution >= 0.6 is 0 Å². The molecule has 0 fully saturated rings. The Balaban J connectivity index is 1.94. The molecule has 0 N–H and O–H groups in total. The van der Waals surface area contributed by atoms with Crippen molar-refractivity contribution in [2.24, 2.45) is 20.0 Å². The standard InChI is InChI=1S/C28H20N4/c1-2-10-22-18-30-27-15-7-8-16-28(27)32-20-24-12-4-3-11-23(24)19-31-26-14-6-5-13-25(26)29-17-21(22)9-1/h1-20H. The molecule has 4 heteroatoms. The molecule has 1 aliphatic rings. The van der Waals surface area contributed by atoms with Gasteiger partial charge in [0.05, 0.1) is 21.4 Å². The van der Waals surface area contributed by atoms with Crippen molar-refractivity contribution in [2.45, 2.75) is 0 Å². The van der Waals surface area contributed by atoms with Gasteiger partial charge in [0.1, 0.15) is 0 Å². The van der Waals surface area contributed by atoms with E-state index in [9.17, 15) is 0 Å². The van der Waals surface area contributed by atoms with Gasteiger partial charge in [0.25, 0.3) is 0 Å². The number of nitrogens with zero attached hydrogens (tertiary/aromatic N) is 4. The van der Waals surface area contributed by atoms with Crippen LogP contribution in [0.15, 0.2) is 117 Å². The summed E-state index contributed by atoms with van der Waals surface area (Å²) in [4.78, 5) is 18.9. The number of rotatable bonds is 0. The lowest BCUT2D eigenvalue weighted by atomic mass is 10.2. The number of para-hydroxylation sites is 4. The van der Waals surface area contributed by atoms with Gasteiger partial charge in [0.2, 0.25) is 0 Å². The quantitative estimate of drug-likeness (QED) is 0.397. The average Bonchev–Trinajstić information content (AvgIpc) is 2.85. The first-order valence-electron chi connectivity index (χ1n) is 10.4. The van der Waals surface area contributed by atoms with Crippen molar-refractivity contribution in [1.82, 2.24) is 0 Å². The highest BCUT2D eigenvalue weighted by molar-refractivity contribution is 5.33. The summed E-state index contributed by atoms with van der Waals surface area (Å²) in [5.41, 5.74) is 0. The Morgan fingerprint density at radius 2 is 0.500 bits per heavy atom. The maximum atomic E-state index is 4.73. The Kier molecular flexibility index (Phi) is 5.58. The zero-order valence-corrected chi connectivity index (χ0v) is 17.3. The summed E-state index contributed by atoms with van der Waals surface area (Å²) >= 11 is 0. The SMILES string of the molecule is C1=c2ccccc2=CN=c2ccccc2=NC=c2ccccc2=CN=c2ccccc2=N1. The number of hydrogen-bond donors (Lipinski definition) is 0. The van der Waals surface area contributed by atoms with Crippen LogP contribution in [0.2, 0.25) is 0 Å². The molecule has 0 spiro atoms. The van der Waals surface area contributed by atoms with Gasteiger partial charge in [-0.3, -0.25) is 20.0 Å². The van der Waals surface area contributed by atoms with E-state index < -0.39 is 0 Å². The van der Waals surface area contributed by atoms with Crippen LogP contribution in [0, 0.1) is 0 Å². The second kappa shape index (κ2) is 9.14. The Bertz CT molecular complexity index is 1380. The van der Waals surface area contributed by atoms with E-state index in [4.69, 9.17) is 20.0 Å². The van der Waals surface area contributed by atoms with Gasteiger partial charge in [-0.2, -0.15) is 0 Å². The molecule has 0 aromatic heterocycles. The van der Waals surface area contributed by atoms with E-state index in [2.05, 4.69) is 0 Å². The van der Waals surface area contributed by atoms with Crippen molar-refractivity contribution >= 4 is 24.8 Å². The van der Waals surface area contributed by atoms with Crippen molar-refractivity contribution < 1.29 is 0 Å². The number of benzene rings is 4. The minimum absolute atomic E-state index is 0.805. The molecule has 1 heterocycles. The van der Waals surface area contributed by atoms with Gasteiger partial charge in [-0.05, 0) is 24.3 Å². The molecular formula is C28H20N4. The first-order chi connectivity index (χ1) is 15.9. The minimum Gasteiger partial charge on any atom is -0.254 e. The normalized spacial score (nSPS) is 12.5. The summed E-state index contributed by atoms with van der Waals surface area (Å²) in [5.74, 6) is 0. The first-order valence-corrected chi connectivity index (χ1v) is 10.4. The summed E-state index contributed by atoms with van der Waals surface area (Å²) < 4.78 is 0. The lowest BCUT2D eigenvalue weighted by molar-refractivity contribution is 1.24. The third-order valence-corrected chi connectivity index (χ3v) is 5.13. The second-order valence-electron chi connectivity index (χ2n) is 7.27. The molecule has 0 saturated carbocycles. The lowest BCUT2D eigenvalue weighted by Gasteiger charge is -1.92. The largest absolute Gasteiger partial charge is 0.254 e. The molecule has 4 aromatic rings. The Morgan fingerprint density at radius 1 is 0.281 bits per heavy atom. The number of hydrogen-bond acceptors (Lipinski definition) is 4. The molecule has 0 atom stereocenters. The maximum absolute atomic E-state index is 4.73. The topological polar surface area (TPSA) is 49.4 Å². The van der Waals surface area contributed by atoms with Crippen LogP contribution in [-0.2, 0) is 0 Å². The van der Waals surface area contributed by atoms with Crippen molar-refractivity contribution in [3.63, 3.8) is 0 Å². The highest BCUT2D eigenvalue weighted by Gasteiger charge is 1.90. The molecule has 0 radical (unpaired) electrons.